The number of hydrogen-bond acceptors (Lipinski definition) is 15. The number of carbonyl (C=O) groups excluding carboxylic acids is 11. The van der Waals surface area contributed by atoms with Crippen molar-refractivity contribution in [3.63, 3.8) is 0 Å². The molecule has 1 fully saturated rings. The number of guanidine groups is 1. The van der Waals surface area contributed by atoms with Crippen molar-refractivity contribution in [2.45, 2.75) is 119 Å². The lowest BCUT2D eigenvalue weighted by molar-refractivity contribution is -0.142. The number of thiol groups is 2. The lowest BCUT2D eigenvalue weighted by Gasteiger charge is -2.30. The lowest BCUT2D eigenvalue weighted by atomic mass is 9.99. The van der Waals surface area contributed by atoms with Crippen molar-refractivity contribution in [1.82, 2.24) is 42.1 Å². The smallest absolute Gasteiger partial charge is 0.246 e. The fourth-order valence-electron chi connectivity index (χ4n) is 7.94. The molecule has 26 nitrogen and oxygen atoms in total. The van der Waals surface area contributed by atoms with Crippen LogP contribution in [0.5, 0.6) is 0 Å². The Balaban J connectivity index is 1.86. The Morgan fingerprint density at radius 1 is 0.618 bits per heavy atom. The third-order valence-electron chi connectivity index (χ3n) is 12.0. The summed E-state index contributed by atoms with van der Waals surface area (Å²) in [5.41, 5.74) is 34.9. The Morgan fingerprint density at radius 2 is 1.18 bits per heavy atom. The fourth-order valence-corrected chi connectivity index (χ4v) is 8.35. The zero-order valence-electron chi connectivity index (χ0n) is 42.2. The number of rotatable bonds is 32. The molecule has 0 unspecified atom stereocenters. The standard InChI is InChI=1S/C48H71N15O11S2/c1-26-10-5-6-13-28(26)21-33(59-40(67)29(49)24-75)44(71)60-32(20-27-11-3-2-4-12-27)43(70)57-31(16-17-37(50)64)42(69)61-34(22-38(51)65)45(72)62-35(25-76)47(74)63-19-9-15-36(63)46(73)58-30(41(68)56-23-39(52)66)14-7-8-18-55-48(53)54/h2-6,10-13,29-36,75-76H,7-9,14-25,49H2,1H3,(H2,50,64)(H2,51,65)(H2,52,66)(H,56,68)(H,57,70)(H,58,73)(H,59,67)(H,60,71)(H,61,69)(H,62,72)(H4,53,54,55)/t29-,30+,31-,32-,33+,34-,35-,36-/m0/s1. The van der Waals surface area contributed by atoms with E-state index >= 15 is 0 Å². The monoisotopic (exact) mass is 1100 g/mol. The summed E-state index contributed by atoms with van der Waals surface area (Å²) in [6.07, 6.45) is -0.444. The molecule has 0 radical (unpaired) electrons. The number of amides is 11. The normalized spacial score (nSPS) is 15.6. The molecule has 1 heterocycles. The van der Waals surface area contributed by atoms with E-state index in [1.807, 2.05) is 13.0 Å². The van der Waals surface area contributed by atoms with E-state index in [0.717, 1.165) is 5.56 Å². The van der Waals surface area contributed by atoms with Crippen LogP contribution in [0.15, 0.2) is 59.6 Å². The number of primary amides is 3. The summed E-state index contributed by atoms with van der Waals surface area (Å²) >= 11 is 8.36. The number of unbranched alkanes of at least 4 members (excludes halogenated alkanes) is 1. The van der Waals surface area contributed by atoms with Gasteiger partial charge < -0.3 is 76.5 Å². The Labute approximate surface area is 450 Å². The van der Waals surface area contributed by atoms with Crippen molar-refractivity contribution in [2.75, 3.05) is 31.1 Å². The van der Waals surface area contributed by atoms with Gasteiger partial charge in [0.2, 0.25) is 65.0 Å². The summed E-state index contributed by atoms with van der Waals surface area (Å²) in [5, 5.41) is 17.7. The van der Waals surface area contributed by atoms with E-state index in [-0.39, 0.29) is 56.2 Å². The minimum atomic E-state index is -1.79. The highest BCUT2D eigenvalue weighted by Gasteiger charge is 2.40. The molecule has 1 aliphatic heterocycles. The van der Waals surface area contributed by atoms with Crippen molar-refractivity contribution in [1.29, 1.82) is 0 Å². The maximum atomic E-state index is 14.3. The predicted molar refractivity (Wildman–Crippen MR) is 286 cm³/mol. The third kappa shape index (κ3) is 21.4. The van der Waals surface area contributed by atoms with Gasteiger partial charge in [-0.05, 0) is 62.1 Å². The molecule has 0 aliphatic carbocycles. The average molecular weight is 1100 g/mol. The van der Waals surface area contributed by atoms with Crippen LogP contribution in [0.4, 0.5) is 0 Å². The minimum Gasteiger partial charge on any atom is -0.370 e. The number of likely N-dealkylation sites (tertiary alicyclic amines) is 1. The van der Waals surface area contributed by atoms with Crippen LogP contribution in [0.2, 0.25) is 0 Å². The summed E-state index contributed by atoms with van der Waals surface area (Å²) in [6, 6.07) is 4.73. The van der Waals surface area contributed by atoms with Crippen LogP contribution >= 0.6 is 25.3 Å². The van der Waals surface area contributed by atoms with Crippen LogP contribution in [-0.2, 0) is 65.6 Å². The van der Waals surface area contributed by atoms with Gasteiger partial charge in [-0.25, -0.2) is 0 Å². The molecule has 1 saturated heterocycles. The molecule has 8 atom stereocenters. The maximum absolute atomic E-state index is 14.3. The molecular formula is C48H71N15O11S2. The minimum absolute atomic E-state index is 0.00445. The molecule has 19 N–H and O–H groups in total. The first-order valence-electron chi connectivity index (χ1n) is 24.4. The number of aliphatic imine (C=N–C) groups is 1. The van der Waals surface area contributed by atoms with Gasteiger partial charge >= 0.3 is 0 Å². The van der Waals surface area contributed by atoms with E-state index in [2.05, 4.69) is 67.5 Å². The Bertz CT molecular complexity index is 2410. The van der Waals surface area contributed by atoms with E-state index in [4.69, 9.17) is 34.4 Å². The summed E-state index contributed by atoms with van der Waals surface area (Å²) in [4.78, 5) is 151. The second-order valence-corrected chi connectivity index (χ2v) is 18.7. The summed E-state index contributed by atoms with van der Waals surface area (Å²) in [6.45, 7) is 1.61. The zero-order chi connectivity index (χ0) is 56.5. The van der Waals surface area contributed by atoms with Gasteiger partial charge in [-0.1, -0.05) is 54.6 Å². The van der Waals surface area contributed by atoms with Gasteiger partial charge in [0.25, 0.3) is 0 Å². The van der Waals surface area contributed by atoms with Gasteiger partial charge in [0.1, 0.15) is 42.3 Å². The third-order valence-corrected chi connectivity index (χ3v) is 12.8. The number of hydrogen-bond donors (Lipinski definition) is 15. The molecule has 0 saturated carbocycles. The van der Waals surface area contributed by atoms with E-state index < -0.39 is 139 Å². The second kappa shape index (κ2) is 32.1. The van der Waals surface area contributed by atoms with Crippen LogP contribution in [0.3, 0.4) is 0 Å². The summed E-state index contributed by atoms with van der Waals surface area (Å²) in [7, 11) is 0. The second-order valence-electron chi connectivity index (χ2n) is 18.0. The zero-order valence-corrected chi connectivity index (χ0v) is 44.0. The van der Waals surface area contributed by atoms with Crippen LogP contribution in [0, 0.1) is 6.92 Å². The topological polar surface area (TPSA) is 444 Å². The summed E-state index contributed by atoms with van der Waals surface area (Å²) in [5.74, 6) is -10.1. The molecule has 3 rings (SSSR count). The molecular weight excluding hydrogens is 1030 g/mol. The van der Waals surface area contributed by atoms with Crippen molar-refractivity contribution in [3.05, 3.63) is 71.3 Å². The Kier molecular flexibility index (Phi) is 26.5. The molecule has 76 heavy (non-hydrogen) atoms. The molecule has 0 bridgehead atoms. The van der Waals surface area contributed by atoms with Gasteiger partial charge in [-0.15, -0.1) is 0 Å². The molecule has 416 valence electrons. The van der Waals surface area contributed by atoms with E-state index in [9.17, 15) is 52.7 Å². The van der Waals surface area contributed by atoms with Gasteiger partial charge in [-0.2, -0.15) is 25.3 Å². The number of nitrogens with one attached hydrogen (secondary N) is 7. The van der Waals surface area contributed by atoms with Crippen LogP contribution in [-0.4, -0.2) is 155 Å². The molecule has 11 amide bonds. The first-order chi connectivity index (χ1) is 36.0. The average Bonchev–Trinajstić information content (AvgIpc) is 3.88. The number of nitrogens with two attached hydrogens (primary N) is 6. The fraction of sp³-hybridized carbons (Fsp3) is 0.500. The Morgan fingerprint density at radius 3 is 1.79 bits per heavy atom. The first kappa shape index (κ1) is 62.8. The van der Waals surface area contributed by atoms with E-state index in [1.54, 1.807) is 48.5 Å². The highest BCUT2D eigenvalue weighted by atomic mass is 32.1. The molecule has 0 spiro atoms. The maximum Gasteiger partial charge on any atom is 0.246 e. The number of aryl methyl sites for hydroxylation is 1. The quantitative estimate of drug-likeness (QED) is 0.0141. The van der Waals surface area contributed by atoms with Gasteiger partial charge in [0.05, 0.1) is 19.0 Å². The SMILES string of the molecule is Cc1ccccc1C[C@@H](NC(=O)[C@@H](N)CS)C(=O)N[C@@H](Cc1ccccc1)C(=O)N[C@@H](CCC(N)=O)C(=O)N[C@@H](CC(N)=O)C(=O)N[C@@H](CS)C(=O)N1CCC[C@H]1C(=O)N[C@H](CCCCN=C(N)N)C(=O)NCC(N)=O. The van der Waals surface area contributed by atoms with Crippen molar-refractivity contribution >= 4 is 96.2 Å². The highest BCUT2D eigenvalue weighted by molar-refractivity contribution is 7.80. The van der Waals surface area contributed by atoms with Gasteiger partial charge in [0.15, 0.2) is 5.96 Å². The van der Waals surface area contributed by atoms with Crippen LogP contribution in [0.25, 0.3) is 0 Å². The largest absolute Gasteiger partial charge is 0.370 e. The highest BCUT2D eigenvalue weighted by Crippen LogP contribution is 2.20. The van der Waals surface area contributed by atoms with Gasteiger partial charge in [0, 0.05) is 43.9 Å². The van der Waals surface area contributed by atoms with E-state index in [1.165, 1.54) is 4.90 Å². The molecule has 0 aromatic heterocycles. The molecule has 2 aromatic rings. The Hall–Kier alpha value is -7.46. The predicted octanol–water partition coefficient (Wildman–Crippen LogP) is -4.95. The molecule has 28 heteroatoms. The number of nitrogens with zero attached hydrogens (tertiary/aromatic N) is 2. The van der Waals surface area contributed by atoms with Gasteiger partial charge in [-0.3, -0.25) is 57.7 Å². The number of benzene rings is 2. The number of carbonyl (C=O) groups is 11. The molecule has 1 aliphatic rings. The lowest BCUT2D eigenvalue weighted by Crippen LogP contribution is -2.61. The van der Waals surface area contributed by atoms with Crippen molar-refractivity contribution < 1.29 is 52.7 Å². The first-order valence-corrected chi connectivity index (χ1v) is 25.7. The summed E-state index contributed by atoms with van der Waals surface area (Å²) < 4.78 is 0. The van der Waals surface area contributed by atoms with Crippen LogP contribution < -0.4 is 71.6 Å². The molecule has 2 aromatic carbocycles. The van der Waals surface area contributed by atoms with E-state index in [0.29, 0.717) is 30.4 Å². The van der Waals surface area contributed by atoms with Crippen molar-refractivity contribution in [2.24, 2.45) is 39.4 Å². The van der Waals surface area contributed by atoms with Crippen LogP contribution in [0.1, 0.15) is 68.1 Å². The van der Waals surface area contributed by atoms with Crippen molar-refractivity contribution in [3.8, 4) is 0 Å².